The second-order valence-electron chi connectivity index (χ2n) is 18.4. The van der Waals surface area contributed by atoms with Gasteiger partial charge in [-0.15, -0.1) is 0 Å². The summed E-state index contributed by atoms with van der Waals surface area (Å²) in [5, 5.41) is 12.7. The van der Waals surface area contributed by atoms with E-state index in [0.717, 1.165) is 22.6 Å². The second-order valence-corrected chi connectivity index (χ2v) is 22.2. The van der Waals surface area contributed by atoms with E-state index in [0.29, 0.717) is 0 Å². The van der Waals surface area contributed by atoms with Crippen LogP contribution in [0.1, 0.15) is 0 Å². The maximum absolute atomic E-state index is 3.19. The molecule has 328 valence electrons. The van der Waals surface area contributed by atoms with Crippen molar-refractivity contribution >= 4 is 94.2 Å². The molecule has 3 heterocycles. The molecule has 3 aromatic heterocycles. The van der Waals surface area contributed by atoms with Gasteiger partial charge in [0.15, 0.2) is 8.07 Å². The Bertz CT molecular complexity index is 4130. The molecule has 14 rings (SSSR count). The summed E-state index contributed by atoms with van der Waals surface area (Å²) in [7, 11) is -3.19. The number of fused-ring (bicyclic) bond motifs is 9. The first-order chi connectivity index (χ1) is 34.8. The molecule has 0 amide bonds. The van der Waals surface area contributed by atoms with Gasteiger partial charge in [0, 0.05) is 49.4 Å². The van der Waals surface area contributed by atoms with Crippen molar-refractivity contribution in [3.8, 4) is 28.2 Å². The van der Waals surface area contributed by atoms with Crippen molar-refractivity contribution in [1.82, 2.24) is 13.7 Å². The van der Waals surface area contributed by atoms with Crippen LogP contribution in [0.25, 0.3) is 93.6 Å². The lowest BCUT2D eigenvalue weighted by molar-refractivity contribution is 1.15. The number of aromatic nitrogens is 3. The number of benzene rings is 11. The Kier molecular flexibility index (Phi) is 9.23. The van der Waals surface area contributed by atoms with E-state index in [1.54, 1.807) is 0 Å². The van der Waals surface area contributed by atoms with Crippen LogP contribution in [-0.4, -0.2) is 21.8 Å². The average Bonchev–Trinajstić information content (AvgIpc) is 4.08. The quantitative estimate of drug-likeness (QED) is 0.107. The van der Waals surface area contributed by atoms with Crippen LogP contribution >= 0.6 is 0 Å². The second kappa shape index (κ2) is 16.1. The van der Waals surface area contributed by atoms with Crippen LogP contribution in [0.5, 0.6) is 0 Å². The van der Waals surface area contributed by atoms with Gasteiger partial charge in [-0.3, -0.25) is 0 Å². The Balaban J connectivity index is 1.15. The third-order valence-corrected chi connectivity index (χ3v) is 19.5. The minimum Gasteiger partial charge on any atom is -0.309 e. The van der Waals surface area contributed by atoms with Crippen LogP contribution < -0.4 is 20.7 Å². The van der Waals surface area contributed by atoms with Gasteiger partial charge in [0.25, 0.3) is 0 Å². The lowest BCUT2D eigenvalue weighted by atomic mass is 10.1. The summed E-state index contributed by atoms with van der Waals surface area (Å²) in [5.41, 5.74) is 12.9. The molecule has 11 aromatic carbocycles. The molecule has 14 aromatic rings. The van der Waals surface area contributed by atoms with Crippen LogP contribution in [0.3, 0.4) is 0 Å². The molecule has 0 bridgehead atoms. The fourth-order valence-corrected chi connectivity index (χ4v) is 16.8. The largest absolute Gasteiger partial charge is 0.309 e. The summed E-state index contributed by atoms with van der Waals surface area (Å²) in [4.78, 5) is 0. The van der Waals surface area contributed by atoms with E-state index in [1.807, 2.05) is 0 Å². The van der Waals surface area contributed by atoms with Crippen LogP contribution in [0.15, 0.2) is 273 Å². The molecule has 4 heteroatoms. The standard InChI is InChI=1S/C66H45N3Si/c1-5-22-46(23-6-1)47-24-21-25-48(42-47)67-60-36-17-15-34-56(60)58-41-40-49(44-64(58)67)69-63-39-20-16-35-57(63)59-43-50(68-61-37-18-13-32-54(61)55-33-14-19-38-62(55)68)45-65(66(59)69)70(51-26-7-2-8-27-51,52-28-9-3-10-29-52)53-30-11-4-12-31-53/h1-45H. The zero-order valence-corrected chi connectivity index (χ0v) is 39.3. The highest BCUT2D eigenvalue weighted by molar-refractivity contribution is 7.20. The van der Waals surface area contributed by atoms with Crippen molar-refractivity contribution in [3.63, 3.8) is 0 Å². The number of nitrogens with zero attached hydrogens (tertiary/aromatic N) is 3. The predicted octanol–water partition coefficient (Wildman–Crippen LogP) is 14.0. The fourth-order valence-electron chi connectivity index (χ4n) is 11.8. The Morgan fingerprint density at radius 2 is 0.629 bits per heavy atom. The normalized spacial score (nSPS) is 12.0. The Labute approximate surface area is 407 Å². The molecule has 0 fully saturated rings. The molecule has 3 nitrogen and oxygen atoms in total. The molecule has 0 aliphatic carbocycles. The molecule has 0 atom stereocenters. The van der Waals surface area contributed by atoms with Gasteiger partial charge in [-0.1, -0.05) is 212 Å². The zero-order chi connectivity index (χ0) is 46.2. The highest BCUT2D eigenvalue weighted by atomic mass is 28.3. The van der Waals surface area contributed by atoms with Crippen LogP contribution in [0.4, 0.5) is 0 Å². The van der Waals surface area contributed by atoms with Gasteiger partial charge >= 0.3 is 0 Å². The Morgan fingerprint density at radius 1 is 0.229 bits per heavy atom. The fraction of sp³-hybridized carbons (Fsp3) is 0. The predicted molar refractivity (Wildman–Crippen MR) is 299 cm³/mol. The average molecular weight is 908 g/mol. The van der Waals surface area contributed by atoms with Crippen molar-refractivity contribution < 1.29 is 0 Å². The highest BCUT2D eigenvalue weighted by Gasteiger charge is 2.44. The number of para-hydroxylation sites is 4. The Morgan fingerprint density at radius 3 is 1.16 bits per heavy atom. The molecule has 0 saturated heterocycles. The maximum Gasteiger partial charge on any atom is 0.181 e. The lowest BCUT2D eigenvalue weighted by Crippen LogP contribution is -2.75. The van der Waals surface area contributed by atoms with E-state index in [-0.39, 0.29) is 0 Å². The van der Waals surface area contributed by atoms with Gasteiger partial charge in [0.1, 0.15) is 0 Å². The van der Waals surface area contributed by atoms with Crippen LogP contribution in [0, 0.1) is 0 Å². The summed E-state index contributed by atoms with van der Waals surface area (Å²) >= 11 is 0. The van der Waals surface area contributed by atoms with Gasteiger partial charge in [0.2, 0.25) is 0 Å². The summed E-state index contributed by atoms with van der Waals surface area (Å²) in [6.45, 7) is 0. The van der Waals surface area contributed by atoms with E-state index < -0.39 is 8.07 Å². The molecule has 0 radical (unpaired) electrons. The van der Waals surface area contributed by atoms with Crippen molar-refractivity contribution in [3.05, 3.63) is 273 Å². The first-order valence-electron chi connectivity index (χ1n) is 24.2. The monoisotopic (exact) mass is 907 g/mol. The van der Waals surface area contributed by atoms with Gasteiger partial charge in [-0.25, -0.2) is 0 Å². The van der Waals surface area contributed by atoms with Gasteiger partial charge in [0.05, 0.1) is 33.1 Å². The zero-order valence-electron chi connectivity index (χ0n) is 38.3. The van der Waals surface area contributed by atoms with E-state index in [1.165, 1.54) is 91.8 Å². The third-order valence-electron chi connectivity index (χ3n) is 14.7. The number of hydrogen-bond donors (Lipinski definition) is 0. The molecule has 0 spiro atoms. The van der Waals surface area contributed by atoms with Crippen molar-refractivity contribution in [2.45, 2.75) is 0 Å². The first kappa shape index (κ1) is 40.1. The SMILES string of the molecule is c1ccc(-c2cccc(-n3c4ccccc4c4ccc(-n5c6ccccc6c6cc(-n7c8ccccc8c8ccccc87)cc([Si](c7ccccc7)(c7ccccc7)c7ccccc7)c65)cc43)c2)cc1. The van der Waals surface area contributed by atoms with Gasteiger partial charge < -0.3 is 13.7 Å². The van der Waals surface area contributed by atoms with Crippen molar-refractivity contribution in [1.29, 1.82) is 0 Å². The van der Waals surface area contributed by atoms with E-state index >= 15 is 0 Å². The van der Waals surface area contributed by atoms with Crippen LogP contribution in [-0.2, 0) is 0 Å². The van der Waals surface area contributed by atoms with E-state index in [4.69, 9.17) is 0 Å². The molecule has 0 aliphatic heterocycles. The van der Waals surface area contributed by atoms with Crippen molar-refractivity contribution in [2.24, 2.45) is 0 Å². The minimum absolute atomic E-state index is 1.12. The molecule has 70 heavy (non-hydrogen) atoms. The van der Waals surface area contributed by atoms with Gasteiger partial charge in [-0.2, -0.15) is 0 Å². The maximum atomic E-state index is 2.59. The summed E-state index contributed by atoms with van der Waals surface area (Å²) in [5.74, 6) is 0. The molecule has 0 aliphatic rings. The molecule has 0 unspecified atom stereocenters. The molecular weight excluding hydrogens is 863 g/mol. The van der Waals surface area contributed by atoms with E-state index in [2.05, 4.69) is 287 Å². The summed E-state index contributed by atoms with van der Waals surface area (Å²) in [6.07, 6.45) is 0. The molecule has 0 saturated carbocycles. The minimum atomic E-state index is -3.19. The Hall–Kier alpha value is -8.96. The first-order valence-corrected chi connectivity index (χ1v) is 26.2. The molecule has 0 N–H and O–H groups in total. The van der Waals surface area contributed by atoms with Crippen LogP contribution in [0.2, 0.25) is 0 Å². The number of rotatable bonds is 8. The highest BCUT2D eigenvalue weighted by Crippen LogP contribution is 2.40. The van der Waals surface area contributed by atoms with Crippen molar-refractivity contribution in [2.75, 3.05) is 0 Å². The number of hydrogen-bond acceptors (Lipinski definition) is 0. The lowest BCUT2D eigenvalue weighted by Gasteiger charge is -2.35. The smallest absolute Gasteiger partial charge is 0.181 e. The van der Waals surface area contributed by atoms with E-state index in [9.17, 15) is 0 Å². The topological polar surface area (TPSA) is 14.8 Å². The molecular formula is C66H45N3Si. The summed E-state index contributed by atoms with van der Waals surface area (Å²) in [6, 6.07) is 102. The summed E-state index contributed by atoms with van der Waals surface area (Å²) < 4.78 is 7.56. The third kappa shape index (κ3) is 6.00. The van der Waals surface area contributed by atoms with Gasteiger partial charge in [-0.05, 0) is 92.5 Å².